The van der Waals surface area contributed by atoms with Crippen molar-refractivity contribution < 1.29 is 9.59 Å². The SMILES string of the molecule is Cc1nn(C(C)C(=O)NCCCC(=O)Cl)cc1Br. The molecule has 1 rings (SSSR count). The Kier molecular flexibility index (Phi) is 5.81. The first-order chi connectivity index (χ1) is 8.41. The highest BCUT2D eigenvalue weighted by molar-refractivity contribution is 9.10. The van der Waals surface area contributed by atoms with Crippen LogP contribution in [0.25, 0.3) is 0 Å². The predicted molar refractivity (Wildman–Crippen MR) is 72.5 cm³/mol. The highest BCUT2D eigenvalue weighted by atomic mass is 79.9. The Morgan fingerprint density at radius 3 is 2.78 bits per heavy atom. The first kappa shape index (κ1) is 15.2. The summed E-state index contributed by atoms with van der Waals surface area (Å²) >= 11 is 8.55. The van der Waals surface area contributed by atoms with E-state index in [0.29, 0.717) is 13.0 Å². The van der Waals surface area contributed by atoms with E-state index in [4.69, 9.17) is 11.6 Å². The molecule has 5 nitrogen and oxygen atoms in total. The molecule has 0 saturated carbocycles. The van der Waals surface area contributed by atoms with Crippen molar-refractivity contribution in [2.24, 2.45) is 0 Å². The number of rotatable bonds is 6. The molecule has 7 heteroatoms. The van der Waals surface area contributed by atoms with Crippen molar-refractivity contribution in [1.29, 1.82) is 0 Å². The second-order valence-electron chi connectivity index (χ2n) is 3.97. The molecule has 0 aliphatic heterocycles. The van der Waals surface area contributed by atoms with Gasteiger partial charge < -0.3 is 5.32 Å². The molecule has 0 radical (unpaired) electrons. The molecule has 0 aliphatic rings. The van der Waals surface area contributed by atoms with E-state index in [1.165, 1.54) is 0 Å². The Balaban J connectivity index is 2.44. The van der Waals surface area contributed by atoms with E-state index in [-0.39, 0.29) is 23.6 Å². The van der Waals surface area contributed by atoms with Gasteiger partial charge in [0.25, 0.3) is 0 Å². The van der Waals surface area contributed by atoms with Crippen molar-refractivity contribution in [3.63, 3.8) is 0 Å². The number of carbonyl (C=O) groups excluding carboxylic acids is 2. The summed E-state index contributed by atoms with van der Waals surface area (Å²) in [6.45, 7) is 4.06. The first-order valence-corrected chi connectivity index (χ1v) is 6.76. The van der Waals surface area contributed by atoms with Crippen LogP contribution >= 0.6 is 27.5 Å². The smallest absolute Gasteiger partial charge is 0.244 e. The van der Waals surface area contributed by atoms with Gasteiger partial charge in [-0.15, -0.1) is 0 Å². The van der Waals surface area contributed by atoms with Crippen molar-refractivity contribution >= 4 is 38.7 Å². The molecule has 0 aliphatic carbocycles. The minimum absolute atomic E-state index is 0.132. The van der Waals surface area contributed by atoms with Crippen molar-refractivity contribution in [1.82, 2.24) is 15.1 Å². The molecule has 1 aromatic rings. The van der Waals surface area contributed by atoms with Crippen LogP contribution in [0.4, 0.5) is 0 Å². The largest absolute Gasteiger partial charge is 0.354 e. The van der Waals surface area contributed by atoms with Crippen molar-refractivity contribution in [2.75, 3.05) is 6.54 Å². The molecule has 1 aromatic heterocycles. The van der Waals surface area contributed by atoms with Gasteiger partial charge in [-0.2, -0.15) is 5.10 Å². The number of nitrogens with zero attached hydrogens (tertiary/aromatic N) is 2. The summed E-state index contributed by atoms with van der Waals surface area (Å²) in [6.07, 6.45) is 2.58. The molecule has 1 N–H and O–H groups in total. The van der Waals surface area contributed by atoms with Crippen LogP contribution in [0.3, 0.4) is 0 Å². The number of hydrogen-bond acceptors (Lipinski definition) is 3. The molecule has 0 saturated heterocycles. The van der Waals surface area contributed by atoms with E-state index in [9.17, 15) is 9.59 Å². The number of amides is 1. The quantitative estimate of drug-likeness (QED) is 0.639. The number of halogens is 2. The summed E-state index contributed by atoms with van der Waals surface area (Å²) in [4.78, 5) is 22.3. The molecular weight excluding hydrogens is 321 g/mol. The molecule has 1 unspecified atom stereocenters. The van der Waals surface area contributed by atoms with Gasteiger partial charge in [-0.25, -0.2) is 0 Å². The monoisotopic (exact) mass is 335 g/mol. The third kappa shape index (κ3) is 4.42. The van der Waals surface area contributed by atoms with Gasteiger partial charge in [0.15, 0.2) is 0 Å². The summed E-state index contributed by atoms with van der Waals surface area (Å²) in [6, 6.07) is -0.387. The van der Waals surface area contributed by atoms with Crippen LogP contribution in [0.15, 0.2) is 10.7 Å². The lowest BCUT2D eigenvalue weighted by Crippen LogP contribution is -2.32. The average molecular weight is 337 g/mol. The van der Waals surface area contributed by atoms with E-state index in [1.54, 1.807) is 17.8 Å². The van der Waals surface area contributed by atoms with Crippen LogP contribution in [0, 0.1) is 6.92 Å². The Morgan fingerprint density at radius 2 is 2.28 bits per heavy atom. The lowest BCUT2D eigenvalue weighted by molar-refractivity contribution is -0.124. The highest BCUT2D eigenvalue weighted by Crippen LogP contribution is 2.16. The number of carbonyl (C=O) groups is 2. The fourth-order valence-corrected chi connectivity index (χ4v) is 1.79. The van der Waals surface area contributed by atoms with Gasteiger partial charge in [-0.1, -0.05) is 0 Å². The van der Waals surface area contributed by atoms with Gasteiger partial charge in [0.05, 0.1) is 10.2 Å². The maximum Gasteiger partial charge on any atom is 0.244 e. The number of aryl methyl sites for hydroxylation is 1. The molecular formula is C11H15BrClN3O2. The Labute approximate surface area is 119 Å². The topological polar surface area (TPSA) is 64.0 Å². The Hall–Kier alpha value is -0.880. The summed E-state index contributed by atoms with van der Waals surface area (Å²) in [5.74, 6) is -0.132. The standard InChI is InChI=1S/C11H15BrClN3O2/c1-7-9(12)6-16(15-7)8(2)11(18)14-5-3-4-10(13)17/h6,8H,3-5H2,1-2H3,(H,14,18). The third-order valence-corrected chi connectivity index (χ3v) is 3.45. The normalized spacial score (nSPS) is 12.2. The Bertz CT molecular complexity index is 428. The van der Waals surface area contributed by atoms with Crippen LogP contribution < -0.4 is 5.32 Å². The number of aromatic nitrogens is 2. The fourth-order valence-electron chi connectivity index (χ4n) is 1.36. The summed E-state index contributed by atoms with van der Waals surface area (Å²) in [5.41, 5.74) is 0.836. The summed E-state index contributed by atoms with van der Waals surface area (Å²) in [5, 5.41) is 6.58. The van der Waals surface area contributed by atoms with E-state index in [1.807, 2.05) is 6.92 Å². The van der Waals surface area contributed by atoms with Crippen LogP contribution in [-0.4, -0.2) is 27.5 Å². The maximum absolute atomic E-state index is 11.8. The molecule has 1 atom stereocenters. The van der Waals surface area contributed by atoms with Crippen LogP contribution in [0.1, 0.15) is 31.5 Å². The van der Waals surface area contributed by atoms with E-state index < -0.39 is 0 Å². The molecule has 18 heavy (non-hydrogen) atoms. The molecule has 0 fully saturated rings. The zero-order valence-electron chi connectivity index (χ0n) is 10.2. The second-order valence-corrected chi connectivity index (χ2v) is 5.24. The lowest BCUT2D eigenvalue weighted by Gasteiger charge is -2.12. The van der Waals surface area contributed by atoms with Gasteiger partial charge in [-0.3, -0.25) is 14.3 Å². The van der Waals surface area contributed by atoms with Gasteiger partial charge in [-0.05, 0) is 47.8 Å². The Morgan fingerprint density at radius 1 is 1.61 bits per heavy atom. The molecule has 100 valence electrons. The zero-order chi connectivity index (χ0) is 13.7. The van der Waals surface area contributed by atoms with E-state index in [2.05, 4.69) is 26.3 Å². The number of hydrogen-bond donors (Lipinski definition) is 1. The zero-order valence-corrected chi connectivity index (χ0v) is 12.6. The van der Waals surface area contributed by atoms with E-state index >= 15 is 0 Å². The van der Waals surface area contributed by atoms with Gasteiger partial charge >= 0.3 is 0 Å². The van der Waals surface area contributed by atoms with E-state index in [0.717, 1.165) is 10.2 Å². The molecule has 0 bridgehead atoms. The number of nitrogens with one attached hydrogen (secondary N) is 1. The maximum atomic E-state index is 11.8. The predicted octanol–water partition coefficient (Wildman–Crippen LogP) is 2.18. The molecule has 1 heterocycles. The van der Waals surface area contributed by atoms with Crippen molar-refractivity contribution in [3.8, 4) is 0 Å². The van der Waals surface area contributed by atoms with Crippen LogP contribution in [0.2, 0.25) is 0 Å². The van der Waals surface area contributed by atoms with Crippen LogP contribution in [0.5, 0.6) is 0 Å². The molecule has 0 spiro atoms. The minimum Gasteiger partial charge on any atom is -0.354 e. The lowest BCUT2D eigenvalue weighted by atomic mass is 10.3. The second kappa shape index (κ2) is 6.89. The van der Waals surface area contributed by atoms with Gasteiger partial charge in [0, 0.05) is 19.2 Å². The summed E-state index contributed by atoms with van der Waals surface area (Å²) in [7, 11) is 0. The average Bonchev–Trinajstić information content (AvgIpc) is 2.63. The van der Waals surface area contributed by atoms with Crippen molar-refractivity contribution in [3.05, 3.63) is 16.4 Å². The summed E-state index contributed by atoms with van der Waals surface area (Å²) < 4.78 is 2.47. The highest BCUT2D eigenvalue weighted by Gasteiger charge is 2.16. The first-order valence-electron chi connectivity index (χ1n) is 5.59. The molecule has 1 amide bonds. The van der Waals surface area contributed by atoms with Crippen LogP contribution in [-0.2, 0) is 9.59 Å². The minimum atomic E-state index is -0.387. The third-order valence-electron chi connectivity index (χ3n) is 2.48. The van der Waals surface area contributed by atoms with Gasteiger partial charge in [0.1, 0.15) is 6.04 Å². The van der Waals surface area contributed by atoms with Crippen molar-refractivity contribution in [2.45, 2.75) is 32.7 Å². The van der Waals surface area contributed by atoms with Gasteiger partial charge in [0.2, 0.25) is 11.1 Å². The molecule has 0 aromatic carbocycles. The fraction of sp³-hybridized carbons (Fsp3) is 0.545.